The Morgan fingerprint density at radius 3 is 2.00 bits per heavy atom. The average molecular weight is 520 g/mol. The summed E-state index contributed by atoms with van der Waals surface area (Å²) in [5.41, 5.74) is 5.69. The summed E-state index contributed by atoms with van der Waals surface area (Å²) in [5, 5.41) is 11.6. The Morgan fingerprint density at radius 2 is 1.46 bits per heavy atom. The van der Waals surface area contributed by atoms with Crippen LogP contribution >= 0.6 is 0 Å². The number of pyridine rings is 1. The zero-order chi connectivity index (χ0) is 27.3. The lowest BCUT2D eigenvalue weighted by atomic mass is 10.0. The van der Waals surface area contributed by atoms with Crippen LogP contribution in [0, 0.1) is 0 Å². The topological polar surface area (TPSA) is 149 Å². The standard InChI is InChI=1S/C28H45N3O6/c1-2-3-4-5-6-7-8-9-10-11-12-14-23(21-25(29)32)37-28(36)24(15-13-16-26(33)34)31-27(35)22-17-19-30-20-18-22/h17-20,23-24H,2-16,21H2,1H3,(H2,29,32)(H,31,35)(H,33,34)/t23-,24-/m0/s1. The summed E-state index contributed by atoms with van der Waals surface area (Å²) >= 11 is 0. The second kappa shape index (κ2) is 20.1. The minimum atomic E-state index is -1.03. The molecule has 9 nitrogen and oxygen atoms in total. The van der Waals surface area contributed by atoms with E-state index < -0.39 is 35.9 Å². The molecule has 0 unspecified atom stereocenters. The molecule has 0 saturated heterocycles. The van der Waals surface area contributed by atoms with Crippen LogP contribution < -0.4 is 11.1 Å². The molecule has 4 N–H and O–H groups in total. The smallest absolute Gasteiger partial charge is 0.328 e. The number of carboxylic acid groups (broad SMARTS) is 1. The lowest BCUT2D eigenvalue weighted by molar-refractivity contribution is -0.153. The molecule has 1 heterocycles. The minimum Gasteiger partial charge on any atom is -0.481 e. The second-order valence-electron chi connectivity index (χ2n) is 9.60. The normalized spacial score (nSPS) is 12.5. The number of nitrogens with one attached hydrogen (secondary N) is 1. The van der Waals surface area contributed by atoms with Crippen LogP contribution in [0.2, 0.25) is 0 Å². The van der Waals surface area contributed by atoms with Gasteiger partial charge in [-0.1, -0.05) is 71.1 Å². The fraction of sp³-hybridized carbons (Fsp3) is 0.679. The van der Waals surface area contributed by atoms with E-state index in [1.54, 1.807) is 0 Å². The second-order valence-corrected chi connectivity index (χ2v) is 9.60. The van der Waals surface area contributed by atoms with Gasteiger partial charge in [0, 0.05) is 24.4 Å². The molecule has 9 heteroatoms. The van der Waals surface area contributed by atoms with Crippen molar-refractivity contribution in [2.24, 2.45) is 5.73 Å². The number of esters is 1. The van der Waals surface area contributed by atoms with Gasteiger partial charge in [0.05, 0.1) is 6.42 Å². The highest BCUT2D eigenvalue weighted by molar-refractivity contribution is 5.96. The molecule has 0 aliphatic carbocycles. The van der Waals surface area contributed by atoms with Crippen LogP contribution in [0.1, 0.15) is 120 Å². The number of primary amides is 1. The molecule has 37 heavy (non-hydrogen) atoms. The van der Waals surface area contributed by atoms with E-state index in [0.717, 1.165) is 19.3 Å². The zero-order valence-corrected chi connectivity index (χ0v) is 22.3. The number of hydrogen-bond acceptors (Lipinski definition) is 6. The molecule has 0 radical (unpaired) electrons. The first-order valence-electron chi connectivity index (χ1n) is 13.7. The van der Waals surface area contributed by atoms with Crippen molar-refractivity contribution in [2.75, 3.05) is 0 Å². The molecular formula is C28H45N3O6. The number of ether oxygens (including phenoxy) is 1. The Morgan fingerprint density at radius 1 is 0.892 bits per heavy atom. The molecule has 1 aromatic heterocycles. The van der Waals surface area contributed by atoms with Gasteiger partial charge in [-0.2, -0.15) is 0 Å². The third-order valence-electron chi connectivity index (χ3n) is 6.26. The Kier molecular flexibility index (Phi) is 17.4. The van der Waals surface area contributed by atoms with Gasteiger partial charge >= 0.3 is 11.9 Å². The highest BCUT2D eigenvalue weighted by Gasteiger charge is 2.26. The lowest BCUT2D eigenvalue weighted by Gasteiger charge is -2.22. The maximum atomic E-state index is 12.9. The molecule has 0 saturated carbocycles. The van der Waals surface area contributed by atoms with Crippen LogP contribution in [-0.2, 0) is 19.1 Å². The van der Waals surface area contributed by atoms with E-state index in [2.05, 4.69) is 17.2 Å². The molecule has 0 aliphatic rings. The number of carbonyl (C=O) groups is 4. The summed E-state index contributed by atoms with van der Waals surface area (Å²) in [4.78, 5) is 51.8. The van der Waals surface area contributed by atoms with Crippen LogP contribution in [0.5, 0.6) is 0 Å². The first-order chi connectivity index (χ1) is 17.8. The number of nitrogens with zero attached hydrogens (tertiary/aromatic N) is 1. The zero-order valence-electron chi connectivity index (χ0n) is 22.3. The van der Waals surface area contributed by atoms with Gasteiger partial charge in [0.1, 0.15) is 12.1 Å². The maximum Gasteiger partial charge on any atom is 0.328 e. The molecule has 208 valence electrons. The highest BCUT2D eigenvalue weighted by Crippen LogP contribution is 2.16. The molecule has 0 aromatic carbocycles. The van der Waals surface area contributed by atoms with Crippen molar-refractivity contribution in [3.63, 3.8) is 0 Å². The Hall–Kier alpha value is -2.97. The van der Waals surface area contributed by atoms with Crippen molar-refractivity contribution in [3.05, 3.63) is 30.1 Å². The Labute approximate surface area is 220 Å². The van der Waals surface area contributed by atoms with Crippen LogP contribution in [0.15, 0.2) is 24.5 Å². The number of aliphatic carboxylic acids is 1. The summed E-state index contributed by atoms with van der Waals surface area (Å²) in [6, 6.07) is 1.99. The highest BCUT2D eigenvalue weighted by atomic mass is 16.5. The van der Waals surface area contributed by atoms with Gasteiger partial charge in [0.25, 0.3) is 5.91 Å². The molecule has 2 atom stereocenters. The summed E-state index contributed by atoms with van der Waals surface area (Å²) in [5.74, 6) is -2.74. The van der Waals surface area contributed by atoms with Crippen molar-refractivity contribution >= 4 is 23.8 Å². The van der Waals surface area contributed by atoms with Gasteiger partial charge in [-0.3, -0.25) is 19.4 Å². The predicted molar refractivity (Wildman–Crippen MR) is 142 cm³/mol. The molecule has 0 spiro atoms. The summed E-state index contributed by atoms with van der Waals surface area (Å²) in [6.07, 6.45) is 15.8. The molecule has 0 bridgehead atoms. The summed E-state index contributed by atoms with van der Waals surface area (Å²) < 4.78 is 5.60. The third-order valence-corrected chi connectivity index (χ3v) is 6.26. The van der Waals surface area contributed by atoms with Crippen LogP contribution in [0.25, 0.3) is 0 Å². The maximum absolute atomic E-state index is 12.9. The number of nitrogens with two attached hydrogens (primary N) is 1. The van der Waals surface area contributed by atoms with E-state index in [9.17, 15) is 19.2 Å². The van der Waals surface area contributed by atoms with Crippen LogP contribution in [-0.4, -0.2) is 46.0 Å². The van der Waals surface area contributed by atoms with Crippen molar-refractivity contribution in [3.8, 4) is 0 Å². The van der Waals surface area contributed by atoms with Gasteiger partial charge in [-0.15, -0.1) is 0 Å². The van der Waals surface area contributed by atoms with Crippen molar-refractivity contribution in [2.45, 2.75) is 122 Å². The van der Waals surface area contributed by atoms with Crippen molar-refractivity contribution < 1.29 is 29.0 Å². The first-order valence-corrected chi connectivity index (χ1v) is 13.7. The third kappa shape index (κ3) is 16.4. The fourth-order valence-electron chi connectivity index (χ4n) is 4.16. The fourth-order valence-corrected chi connectivity index (χ4v) is 4.16. The number of carboxylic acids is 1. The average Bonchev–Trinajstić information content (AvgIpc) is 2.86. The van der Waals surface area contributed by atoms with E-state index in [0.29, 0.717) is 12.0 Å². The number of hydrogen-bond donors (Lipinski definition) is 3. The molecule has 1 aromatic rings. The van der Waals surface area contributed by atoms with Crippen molar-refractivity contribution in [1.29, 1.82) is 0 Å². The SMILES string of the molecule is CCCCCCCCCCCCC[C@@H](CC(N)=O)OC(=O)[C@H](CCCC(=O)O)NC(=O)c1ccncc1. The van der Waals surface area contributed by atoms with E-state index in [4.69, 9.17) is 15.6 Å². The molecule has 1 rings (SSSR count). The Balaban J connectivity index is 2.53. The van der Waals surface area contributed by atoms with E-state index in [1.807, 2.05) is 0 Å². The minimum absolute atomic E-state index is 0.0936. The van der Waals surface area contributed by atoms with Gasteiger partial charge < -0.3 is 20.9 Å². The van der Waals surface area contributed by atoms with Gasteiger partial charge in [-0.05, 0) is 37.8 Å². The van der Waals surface area contributed by atoms with Crippen LogP contribution in [0.4, 0.5) is 0 Å². The largest absolute Gasteiger partial charge is 0.481 e. The summed E-state index contributed by atoms with van der Waals surface area (Å²) in [7, 11) is 0. The molecular weight excluding hydrogens is 474 g/mol. The van der Waals surface area contributed by atoms with Gasteiger partial charge in [-0.25, -0.2) is 4.79 Å². The predicted octanol–water partition coefficient (Wildman–Crippen LogP) is 4.92. The number of aromatic nitrogens is 1. The quantitative estimate of drug-likeness (QED) is 0.145. The number of rotatable bonds is 22. The monoisotopic (exact) mass is 519 g/mol. The molecule has 0 fully saturated rings. The Bertz CT molecular complexity index is 802. The van der Waals surface area contributed by atoms with E-state index >= 15 is 0 Å². The molecule has 0 aliphatic heterocycles. The van der Waals surface area contributed by atoms with E-state index in [1.165, 1.54) is 75.9 Å². The first kappa shape index (κ1) is 32.1. The van der Waals surface area contributed by atoms with E-state index in [-0.39, 0.29) is 25.7 Å². The van der Waals surface area contributed by atoms with Crippen molar-refractivity contribution in [1.82, 2.24) is 10.3 Å². The van der Waals surface area contributed by atoms with Gasteiger partial charge in [0.2, 0.25) is 5.91 Å². The number of amides is 2. The lowest BCUT2D eigenvalue weighted by Crippen LogP contribution is -2.43. The summed E-state index contributed by atoms with van der Waals surface area (Å²) in [6.45, 7) is 2.22. The van der Waals surface area contributed by atoms with Crippen LogP contribution in [0.3, 0.4) is 0 Å². The number of carbonyl (C=O) groups excluding carboxylic acids is 3. The number of unbranched alkanes of at least 4 members (excludes halogenated alkanes) is 10. The molecule has 2 amide bonds. The van der Waals surface area contributed by atoms with Gasteiger partial charge in [0.15, 0.2) is 0 Å².